The van der Waals surface area contributed by atoms with E-state index in [1.807, 2.05) is 12.3 Å². The fourth-order valence-corrected chi connectivity index (χ4v) is 2.23. The van der Waals surface area contributed by atoms with Gasteiger partial charge in [-0.25, -0.2) is 9.97 Å². The third-order valence-corrected chi connectivity index (χ3v) is 3.39. The van der Waals surface area contributed by atoms with Crippen molar-refractivity contribution >= 4 is 22.8 Å². The van der Waals surface area contributed by atoms with E-state index in [4.69, 9.17) is 11.6 Å². The monoisotopic (exact) mass is 251 g/mol. The Hall–Kier alpha value is -1.09. The predicted octanol–water partition coefficient (Wildman–Crippen LogP) is 3.49. The van der Waals surface area contributed by atoms with Gasteiger partial charge >= 0.3 is 0 Å². The molecule has 92 valence electrons. The van der Waals surface area contributed by atoms with Crippen LogP contribution in [0.4, 0.5) is 0 Å². The second-order valence-electron chi connectivity index (χ2n) is 4.39. The van der Waals surface area contributed by atoms with Crippen LogP contribution >= 0.6 is 11.6 Å². The van der Waals surface area contributed by atoms with Crippen molar-refractivity contribution in [1.82, 2.24) is 14.5 Å². The first-order valence-electron chi connectivity index (χ1n) is 6.07. The molecular formula is C13H18ClN3. The van der Waals surface area contributed by atoms with Gasteiger partial charge in [0.1, 0.15) is 11.3 Å². The Morgan fingerprint density at radius 3 is 2.88 bits per heavy atom. The molecule has 0 radical (unpaired) electrons. The number of fused-ring (bicyclic) bond motifs is 1. The zero-order valence-electron chi connectivity index (χ0n) is 10.6. The molecule has 0 aliphatic heterocycles. The Morgan fingerprint density at radius 2 is 2.24 bits per heavy atom. The maximum atomic E-state index is 5.85. The average molecular weight is 252 g/mol. The lowest BCUT2D eigenvalue weighted by Crippen LogP contribution is -2.09. The zero-order valence-corrected chi connectivity index (χ0v) is 11.3. The standard InChI is InChI=1S/C13H18ClN3/c1-4-10(3)17-11(5-7-14)16-12-9(2)6-8-15-13(12)17/h6,8,10H,4-5,7H2,1-3H3. The van der Waals surface area contributed by atoms with Gasteiger partial charge in [-0.3, -0.25) is 0 Å². The van der Waals surface area contributed by atoms with Crippen LogP contribution in [0.2, 0.25) is 0 Å². The molecule has 2 aromatic heterocycles. The predicted molar refractivity (Wildman–Crippen MR) is 71.7 cm³/mol. The van der Waals surface area contributed by atoms with Crippen LogP contribution in [0.15, 0.2) is 12.3 Å². The lowest BCUT2D eigenvalue weighted by atomic mass is 10.2. The highest BCUT2D eigenvalue weighted by molar-refractivity contribution is 6.17. The molecule has 0 amide bonds. The summed E-state index contributed by atoms with van der Waals surface area (Å²) >= 11 is 5.85. The van der Waals surface area contributed by atoms with Crippen LogP contribution in [0.5, 0.6) is 0 Å². The minimum absolute atomic E-state index is 0.410. The van der Waals surface area contributed by atoms with Gasteiger partial charge in [0.15, 0.2) is 5.65 Å². The molecule has 0 spiro atoms. The Morgan fingerprint density at radius 1 is 1.47 bits per heavy atom. The highest BCUT2D eigenvalue weighted by Crippen LogP contribution is 2.23. The summed E-state index contributed by atoms with van der Waals surface area (Å²) < 4.78 is 2.23. The third-order valence-electron chi connectivity index (χ3n) is 3.20. The van der Waals surface area contributed by atoms with Crippen molar-refractivity contribution in [2.45, 2.75) is 39.7 Å². The first-order chi connectivity index (χ1) is 8.19. The van der Waals surface area contributed by atoms with Gasteiger partial charge < -0.3 is 4.57 Å². The van der Waals surface area contributed by atoms with Gasteiger partial charge in [-0.15, -0.1) is 11.6 Å². The number of aromatic nitrogens is 3. The number of hydrogen-bond donors (Lipinski definition) is 0. The smallest absolute Gasteiger partial charge is 0.160 e. The molecule has 17 heavy (non-hydrogen) atoms. The number of hydrogen-bond acceptors (Lipinski definition) is 2. The zero-order chi connectivity index (χ0) is 12.4. The maximum absolute atomic E-state index is 5.85. The quantitative estimate of drug-likeness (QED) is 0.779. The second kappa shape index (κ2) is 5.05. The minimum Gasteiger partial charge on any atom is -0.310 e. The van der Waals surface area contributed by atoms with Gasteiger partial charge in [0.2, 0.25) is 0 Å². The van der Waals surface area contributed by atoms with Crippen LogP contribution in [-0.4, -0.2) is 20.4 Å². The highest BCUT2D eigenvalue weighted by Gasteiger charge is 2.16. The van der Waals surface area contributed by atoms with Crippen molar-refractivity contribution in [1.29, 1.82) is 0 Å². The van der Waals surface area contributed by atoms with Crippen molar-refractivity contribution in [2.75, 3.05) is 5.88 Å². The Kier molecular flexibility index (Phi) is 3.67. The van der Waals surface area contributed by atoms with E-state index in [9.17, 15) is 0 Å². The van der Waals surface area contributed by atoms with E-state index in [-0.39, 0.29) is 0 Å². The van der Waals surface area contributed by atoms with Gasteiger partial charge in [0, 0.05) is 24.5 Å². The molecule has 2 rings (SSSR count). The van der Waals surface area contributed by atoms with E-state index in [2.05, 4.69) is 35.3 Å². The summed E-state index contributed by atoms with van der Waals surface area (Å²) in [6.07, 6.45) is 3.71. The van der Waals surface area contributed by atoms with E-state index >= 15 is 0 Å². The van der Waals surface area contributed by atoms with Crippen LogP contribution in [0.25, 0.3) is 11.2 Å². The van der Waals surface area contributed by atoms with Gasteiger partial charge in [0.05, 0.1) is 0 Å². The molecule has 0 bridgehead atoms. The molecule has 3 nitrogen and oxygen atoms in total. The second-order valence-corrected chi connectivity index (χ2v) is 4.77. The fourth-order valence-electron chi connectivity index (χ4n) is 2.06. The van der Waals surface area contributed by atoms with Crippen LogP contribution in [-0.2, 0) is 6.42 Å². The minimum atomic E-state index is 0.410. The van der Waals surface area contributed by atoms with Crippen molar-refractivity contribution < 1.29 is 0 Å². The van der Waals surface area contributed by atoms with Gasteiger partial charge in [-0.05, 0) is 31.9 Å². The molecule has 0 saturated carbocycles. The lowest BCUT2D eigenvalue weighted by molar-refractivity contribution is 0.521. The summed E-state index contributed by atoms with van der Waals surface area (Å²) in [5.74, 6) is 1.64. The summed E-state index contributed by atoms with van der Waals surface area (Å²) in [5.41, 5.74) is 3.17. The van der Waals surface area contributed by atoms with Gasteiger partial charge in [-0.1, -0.05) is 6.92 Å². The van der Waals surface area contributed by atoms with E-state index < -0.39 is 0 Å². The van der Waals surface area contributed by atoms with Crippen molar-refractivity contribution in [3.05, 3.63) is 23.7 Å². The maximum Gasteiger partial charge on any atom is 0.160 e. The fraction of sp³-hybridized carbons (Fsp3) is 0.538. The number of rotatable bonds is 4. The van der Waals surface area contributed by atoms with E-state index in [0.717, 1.165) is 29.8 Å². The lowest BCUT2D eigenvalue weighted by Gasteiger charge is -2.14. The summed E-state index contributed by atoms with van der Waals surface area (Å²) in [6.45, 7) is 6.45. The van der Waals surface area contributed by atoms with Crippen LogP contribution in [0, 0.1) is 6.92 Å². The number of pyridine rings is 1. The van der Waals surface area contributed by atoms with Crippen molar-refractivity contribution in [3.8, 4) is 0 Å². The Balaban J connectivity index is 2.67. The summed E-state index contributed by atoms with van der Waals surface area (Å²) in [7, 11) is 0. The molecule has 1 unspecified atom stereocenters. The number of imidazole rings is 1. The molecule has 0 fully saturated rings. The normalized spacial score (nSPS) is 13.2. The first kappa shape index (κ1) is 12.4. The topological polar surface area (TPSA) is 30.7 Å². The summed E-state index contributed by atoms with van der Waals surface area (Å²) in [4.78, 5) is 9.16. The molecule has 0 saturated heterocycles. The number of halogens is 1. The molecule has 4 heteroatoms. The largest absolute Gasteiger partial charge is 0.310 e. The van der Waals surface area contributed by atoms with E-state index in [0.29, 0.717) is 11.9 Å². The van der Waals surface area contributed by atoms with Crippen LogP contribution < -0.4 is 0 Å². The average Bonchev–Trinajstić information content (AvgIpc) is 2.68. The number of nitrogens with zero attached hydrogens (tertiary/aromatic N) is 3. The van der Waals surface area contributed by atoms with Gasteiger partial charge in [-0.2, -0.15) is 0 Å². The van der Waals surface area contributed by atoms with Gasteiger partial charge in [0.25, 0.3) is 0 Å². The SMILES string of the molecule is CCC(C)n1c(CCCl)nc2c(C)ccnc21. The molecule has 0 aromatic carbocycles. The molecule has 2 heterocycles. The number of alkyl halides is 1. The third kappa shape index (κ3) is 2.16. The molecule has 1 atom stereocenters. The summed E-state index contributed by atoms with van der Waals surface area (Å²) in [6, 6.07) is 2.41. The van der Waals surface area contributed by atoms with E-state index in [1.54, 1.807) is 0 Å². The van der Waals surface area contributed by atoms with Crippen LogP contribution in [0.3, 0.4) is 0 Å². The molecular weight excluding hydrogens is 234 g/mol. The Bertz CT molecular complexity index is 519. The first-order valence-corrected chi connectivity index (χ1v) is 6.60. The highest BCUT2D eigenvalue weighted by atomic mass is 35.5. The van der Waals surface area contributed by atoms with Crippen molar-refractivity contribution in [2.24, 2.45) is 0 Å². The van der Waals surface area contributed by atoms with Crippen LogP contribution in [0.1, 0.15) is 37.7 Å². The molecule has 0 aliphatic carbocycles. The van der Waals surface area contributed by atoms with E-state index in [1.165, 1.54) is 5.56 Å². The molecule has 0 N–H and O–H groups in total. The molecule has 2 aromatic rings. The number of aryl methyl sites for hydroxylation is 2. The summed E-state index contributed by atoms with van der Waals surface area (Å²) in [5, 5.41) is 0. The Labute approximate surface area is 107 Å². The molecule has 0 aliphatic rings. The van der Waals surface area contributed by atoms with Crippen molar-refractivity contribution in [3.63, 3.8) is 0 Å².